The van der Waals surface area contributed by atoms with E-state index in [9.17, 15) is 9.59 Å². The molecule has 1 aromatic rings. The third-order valence-electron chi connectivity index (χ3n) is 4.03. The number of hydrogen-bond acceptors (Lipinski definition) is 4. The summed E-state index contributed by atoms with van der Waals surface area (Å²) in [6, 6.07) is 9.97. The quantitative estimate of drug-likeness (QED) is 0.782. The molecule has 0 aromatic heterocycles. The van der Waals surface area contributed by atoms with Gasteiger partial charge in [0.25, 0.3) is 0 Å². The molecule has 0 amide bonds. The summed E-state index contributed by atoms with van der Waals surface area (Å²) in [6.45, 7) is 5.57. The van der Waals surface area contributed by atoms with Crippen molar-refractivity contribution >= 4 is 11.9 Å². The van der Waals surface area contributed by atoms with Gasteiger partial charge in [-0.25, -0.2) is 0 Å². The normalized spacial score (nSPS) is 23.7. The number of carbonyl (C=O) groups is 2. The van der Waals surface area contributed by atoms with Crippen molar-refractivity contribution in [2.45, 2.75) is 39.7 Å². The van der Waals surface area contributed by atoms with Crippen molar-refractivity contribution < 1.29 is 19.1 Å². The first kappa shape index (κ1) is 15.5. The molecule has 1 aromatic carbocycles. The molecule has 1 fully saturated rings. The van der Waals surface area contributed by atoms with Crippen LogP contribution in [0.4, 0.5) is 0 Å². The monoisotopic (exact) mass is 290 g/mol. The summed E-state index contributed by atoms with van der Waals surface area (Å²) in [6.07, 6.45) is 0.986. The van der Waals surface area contributed by atoms with Crippen molar-refractivity contribution in [1.82, 2.24) is 0 Å². The van der Waals surface area contributed by atoms with Gasteiger partial charge in [-0.2, -0.15) is 0 Å². The molecule has 114 valence electrons. The highest BCUT2D eigenvalue weighted by Crippen LogP contribution is 2.41. The number of rotatable bonds is 5. The fraction of sp³-hybridized carbons (Fsp3) is 0.529. The number of cyclic esters (lactones) is 1. The van der Waals surface area contributed by atoms with Gasteiger partial charge >= 0.3 is 11.9 Å². The lowest BCUT2D eigenvalue weighted by Crippen LogP contribution is -2.36. The van der Waals surface area contributed by atoms with Crippen LogP contribution in [0.25, 0.3) is 0 Å². The molecule has 1 saturated heterocycles. The zero-order chi connectivity index (χ0) is 15.5. The molecule has 0 bridgehead atoms. The molecule has 0 saturated carbocycles. The standard InChI is InChI=1S/C17H22O4/c1-4-20-15(18)14-13(21-16(19)17(14,2)3)11-10-12-8-6-5-7-9-12/h5-9,13-14H,4,10-11H2,1-3H3/t13-,14+/m1/s1. The van der Waals surface area contributed by atoms with Crippen LogP contribution in [0.3, 0.4) is 0 Å². The number of aryl methyl sites for hydroxylation is 1. The zero-order valence-corrected chi connectivity index (χ0v) is 12.8. The molecule has 1 aliphatic heterocycles. The third kappa shape index (κ3) is 3.26. The number of ether oxygens (including phenoxy) is 2. The average Bonchev–Trinajstić information content (AvgIpc) is 2.68. The second kappa shape index (κ2) is 6.29. The van der Waals surface area contributed by atoms with Crippen molar-refractivity contribution in [2.75, 3.05) is 6.61 Å². The third-order valence-corrected chi connectivity index (χ3v) is 4.03. The van der Waals surface area contributed by atoms with E-state index >= 15 is 0 Å². The average molecular weight is 290 g/mol. The highest BCUT2D eigenvalue weighted by Gasteiger charge is 2.55. The van der Waals surface area contributed by atoms with Gasteiger partial charge in [-0.1, -0.05) is 30.3 Å². The van der Waals surface area contributed by atoms with Gasteiger partial charge in [0.15, 0.2) is 0 Å². The highest BCUT2D eigenvalue weighted by atomic mass is 16.6. The van der Waals surface area contributed by atoms with Gasteiger partial charge in [-0.3, -0.25) is 9.59 Å². The van der Waals surface area contributed by atoms with Crippen LogP contribution in [0, 0.1) is 11.3 Å². The van der Waals surface area contributed by atoms with Crippen LogP contribution in [-0.2, 0) is 25.5 Å². The second-order valence-electron chi connectivity index (χ2n) is 5.92. The van der Waals surface area contributed by atoms with E-state index < -0.39 is 17.4 Å². The van der Waals surface area contributed by atoms with Gasteiger partial charge in [-0.05, 0) is 39.2 Å². The smallest absolute Gasteiger partial charge is 0.313 e. The van der Waals surface area contributed by atoms with E-state index in [-0.39, 0.29) is 11.9 Å². The number of hydrogen-bond donors (Lipinski definition) is 0. The minimum absolute atomic E-state index is 0.311. The lowest BCUT2D eigenvalue weighted by molar-refractivity contribution is -0.153. The summed E-state index contributed by atoms with van der Waals surface area (Å²) in [4.78, 5) is 24.2. The second-order valence-corrected chi connectivity index (χ2v) is 5.92. The van der Waals surface area contributed by atoms with Crippen molar-refractivity contribution in [3.8, 4) is 0 Å². The zero-order valence-electron chi connectivity index (χ0n) is 12.8. The Morgan fingerprint density at radius 2 is 1.95 bits per heavy atom. The van der Waals surface area contributed by atoms with Crippen LogP contribution >= 0.6 is 0 Å². The first-order chi connectivity index (χ1) is 9.96. The molecule has 0 aliphatic carbocycles. The van der Waals surface area contributed by atoms with Gasteiger partial charge in [0.2, 0.25) is 0 Å². The Morgan fingerprint density at radius 3 is 2.57 bits per heavy atom. The fourth-order valence-corrected chi connectivity index (χ4v) is 2.81. The molecule has 21 heavy (non-hydrogen) atoms. The van der Waals surface area contributed by atoms with Gasteiger partial charge in [-0.15, -0.1) is 0 Å². The summed E-state index contributed by atoms with van der Waals surface area (Å²) in [5.41, 5.74) is 0.342. The SMILES string of the molecule is CCOC(=O)[C@@H]1[C@@H](CCc2ccccc2)OC(=O)C1(C)C. The molecular weight excluding hydrogens is 268 g/mol. The fourth-order valence-electron chi connectivity index (χ4n) is 2.81. The molecule has 1 aliphatic rings. The van der Waals surface area contributed by atoms with Crippen molar-refractivity contribution in [2.24, 2.45) is 11.3 Å². The lowest BCUT2D eigenvalue weighted by atomic mass is 9.77. The van der Waals surface area contributed by atoms with E-state index in [2.05, 4.69) is 0 Å². The van der Waals surface area contributed by atoms with Crippen LogP contribution < -0.4 is 0 Å². The van der Waals surface area contributed by atoms with Crippen molar-refractivity contribution in [1.29, 1.82) is 0 Å². The van der Waals surface area contributed by atoms with Crippen LogP contribution in [-0.4, -0.2) is 24.6 Å². The molecule has 2 atom stereocenters. The van der Waals surface area contributed by atoms with E-state index in [0.717, 1.165) is 6.42 Å². The number of benzene rings is 1. The molecule has 4 nitrogen and oxygen atoms in total. The molecule has 0 N–H and O–H groups in total. The molecule has 0 radical (unpaired) electrons. The minimum atomic E-state index is -0.826. The largest absolute Gasteiger partial charge is 0.466 e. The van der Waals surface area contributed by atoms with E-state index in [0.29, 0.717) is 13.0 Å². The van der Waals surface area contributed by atoms with Crippen molar-refractivity contribution in [3.63, 3.8) is 0 Å². The maximum atomic E-state index is 12.2. The summed E-state index contributed by atoms with van der Waals surface area (Å²) >= 11 is 0. The Bertz CT molecular complexity index is 507. The minimum Gasteiger partial charge on any atom is -0.466 e. The predicted octanol–water partition coefficient (Wildman–Crippen LogP) is 2.75. The van der Waals surface area contributed by atoms with Crippen molar-refractivity contribution in [3.05, 3.63) is 35.9 Å². The summed E-state index contributed by atoms with van der Waals surface area (Å²) in [5, 5.41) is 0. The molecule has 2 rings (SSSR count). The summed E-state index contributed by atoms with van der Waals surface area (Å²) in [7, 11) is 0. The van der Waals surface area contributed by atoms with Gasteiger partial charge < -0.3 is 9.47 Å². The highest BCUT2D eigenvalue weighted by molar-refractivity contribution is 5.88. The predicted molar refractivity (Wildman–Crippen MR) is 78.5 cm³/mol. The van der Waals surface area contributed by atoms with E-state index in [1.165, 1.54) is 5.56 Å². The van der Waals surface area contributed by atoms with E-state index in [1.807, 2.05) is 30.3 Å². The van der Waals surface area contributed by atoms with Crippen LogP contribution in [0.2, 0.25) is 0 Å². The Labute approximate surface area is 125 Å². The first-order valence-corrected chi connectivity index (χ1v) is 7.38. The lowest BCUT2D eigenvalue weighted by Gasteiger charge is -2.23. The molecule has 4 heteroatoms. The molecule has 1 heterocycles. The molecule has 0 spiro atoms. The Kier molecular flexibility index (Phi) is 4.66. The van der Waals surface area contributed by atoms with Gasteiger partial charge in [0, 0.05) is 0 Å². The van der Waals surface area contributed by atoms with Gasteiger partial charge in [0.1, 0.15) is 12.0 Å². The Balaban J connectivity index is 2.09. The molecule has 0 unspecified atom stereocenters. The number of carbonyl (C=O) groups excluding carboxylic acids is 2. The first-order valence-electron chi connectivity index (χ1n) is 7.38. The van der Waals surface area contributed by atoms with Crippen LogP contribution in [0.1, 0.15) is 32.8 Å². The van der Waals surface area contributed by atoms with E-state index in [4.69, 9.17) is 9.47 Å². The summed E-state index contributed by atoms with van der Waals surface area (Å²) in [5.74, 6) is -1.20. The van der Waals surface area contributed by atoms with E-state index in [1.54, 1.807) is 20.8 Å². The maximum absolute atomic E-state index is 12.2. The number of esters is 2. The Morgan fingerprint density at radius 1 is 1.29 bits per heavy atom. The Hall–Kier alpha value is -1.84. The topological polar surface area (TPSA) is 52.6 Å². The maximum Gasteiger partial charge on any atom is 0.313 e. The van der Waals surface area contributed by atoms with Crippen LogP contribution in [0.15, 0.2) is 30.3 Å². The van der Waals surface area contributed by atoms with Crippen LogP contribution in [0.5, 0.6) is 0 Å². The molecular formula is C17H22O4. The van der Waals surface area contributed by atoms with Gasteiger partial charge in [0.05, 0.1) is 12.0 Å². The summed E-state index contributed by atoms with van der Waals surface area (Å²) < 4.78 is 10.6.